The number of nitrogens with zero attached hydrogens (tertiary/aromatic N) is 1. The van der Waals surface area contributed by atoms with E-state index in [0.717, 1.165) is 30.0 Å². The summed E-state index contributed by atoms with van der Waals surface area (Å²) in [4.78, 5) is 2.69. The predicted molar refractivity (Wildman–Crippen MR) is 110 cm³/mol. The Kier molecular flexibility index (Phi) is 6.57. The lowest BCUT2D eigenvalue weighted by Gasteiger charge is -2.34. The van der Waals surface area contributed by atoms with Gasteiger partial charge in [0.25, 0.3) is 0 Å². The zero-order chi connectivity index (χ0) is 19.4. The summed E-state index contributed by atoms with van der Waals surface area (Å²) in [5, 5.41) is 4.17. The molecule has 0 aliphatic carbocycles. The smallest absolute Gasteiger partial charge is 0.240 e. The van der Waals surface area contributed by atoms with Crippen molar-refractivity contribution in [3.63, 3.8) is 0 Å². The third-order valence-electron chi connectivity index (χ3n) is 5.17. The number of piperidine rings is 1. The van der Waals surface area contributed by atoms with Crippen LogP contribution in [0.1, 0.15) is 42.0 Å². The number of aryl methyl sites for hydroxylation is 2. The highest BCUT2D eigenvalue weighted by Gasteiger charge is 2.25. The van der Waals surface area contributed by atoms with Gasteiger partial charge in [-0.05, 0) is 85.4 Å². The lowest BCUT2D eigenvalue weighted by molar-refractivity contribution is 0.165. The van der Waals surface area contributed by atoms with Crippen LogP contribution in [0.5, 0.6) is 5.75 Å². The maximum atomic E-state index is 12.9. The van der Waals surface area contributed by atoms with Crippen molar-refractivity contribution in [3.05, 3.63) is 45.6 Å². The molecule has 2 aromatic rings. The highest BCUT2D eigenvalue weighted by Crippen LogP contribution is 2.28. The summed E-state index contributed by atoms with van der Waals surface area (Å²) >= 11 is 1.65. The number of likely N-dealkylation sites (tertiary alicyclic amines) is 1. The Hall–Kier alpha value is -1.41. The minimum Gasteiger partial charge on any atom is -0.496 e. The van der Waals surface area contributed by atoms with E-state index in [2.05, 4.69) is 26.4 Å². The predicted octanol–water partition coefficient (Wildman–Crippen LogP) is 3.88. The van der Waals surface area contributed by atoms with Gasteiger partial charge in [-0.1, -0.05) is 6.42 Å². The summed E-state index contributed by atoms with van der Waals surface area (Å²) in [6, 6.07) is 5.52. The van der Waals surface area contributed by atoms with Gasteiger partial charge in [-0.3, -0.25) is 4.90 Å². The van der Waals surface area contributed by atoms with Gasteiger partial charge in [-0.25, -0.2) is 13.1 Å². The average molecular weight is 409 g/mol. The lowest BCUT2D eigenvalue weighted by Crippen LogP contribution is -2.40. The molecule has 1 fully saturated rings. The van der Waals surface area contributed by atoms with Crippen molar-refractivity contribution in [1.29, 1.82) is 0 Å². The van der Waals surface area contributed by atoms with E-state index in [1.165, 1.54) is 24.8 Å². The number of thiophene rings is 1. The van der Waals surface area contributed by atoms with Gasteiger partial charge in [0.15, 0.2) is 0 Å². The van der Waals surface area contributed by atoms with Crippen LogP contribution < -0.4 is 9.46 Å². The number of hydrogen-bond donors (Lipinski definition) is 1. The first-order valence-electron chi connectivity index (χ1n) is 9.33. The molecule has 7 heteroatoms. The molecule has 1 aliphatic heterocycles. The number of methoxy groups -OCH3 is 1. The second kappa shape index (κ2) is 8.73. The number of hydrogen-bond acceptors (Lipinski definition) is 5. The molecular formula is C20H28N2O3S2. The minimum absolute atomic E-state index is 0.0757. The molecule has 1 aromatic carbocycles. The first-order chi connectivity index (χ1) is 12.9. The minimum atomic E-state index is -3.58. The van der Waals surface area contributed by atoms with Crippen molar-refractivity contribution < 1.29 is 13.2 Å². The van der Waals surface area contributed by atoms with E-state index in [0.29, 0.717) is 11.4 Å². The summed E-state index contributed by atoms with van der Waals surface area (Å²) < 4.78 is 34.0. The molecule has 0 amide bonds. The molecule has 1 unspecified atom stereocenters. The highest BCUT2D eigenvalue weighted by molar-refractivity contribution is 7.89. The molecule has 0 bridgehead atoms. The molecular weight excluding hydrogens is 380 g/mol. The SMILES string of the molecule is COc1c(C)cc(S(=O)(=O)NCC(c2ccsc2)N2CCCCC2)cc1C. The number of ether oxygens (including phenoxy) is 1. The zero-order valence-corrected chi connectivity index (χ0v) is 17.8. The highest BCUT2D eigenvalue weighted by atomic mass is 32.2. The first-order valence-corrected chi connectivity index (χ1v) is 11.8. The fourth-order valence-corrected chi connectivity index (χ4v) is 5.73. The topological polar surface area (TPSA) is 58.6 Å². The normalized spacial score (nSPS) is 17.0. The summed E-state index contributed by atoms with van der Waals surface area (Å²) in [7, 11) is -1.98. The maximum absolute atomic E-state index is 12.9. The Labute approximate surface area is 166 Å². The van der Waals surface area contributed by atoms with Crippen LogP contribution in [0, 0.1) is 13.8 Å². The second-order valence-corrected chi connectivity index (χ2v) is 9.66. The maximum Gasteiger partial charge on any atom is 0.240 e. The number of rotatable bonds is 7. The fraction of sp³-hybridized carbons (Fsp3) is 0.500. The van der Waals surface area contributed by atoms with Crippen LogP contribution in [0.3, 0.4) is 0 Å². The largest absolute Gasteiger partial charge is 0.496 e. The second-order valence-electron chi connectivity index (χ2n) is 7.11. The van der Waals surface area contributed by atoms with Gasteiger partial charge in [0.2, 0.25) is 10.0 Å². The number of benzene rings is 1. The third-order valence-corrected chi connectivity index (χ3v) is 7.28. The van der Waals surface area contributed by atoms with Crippen LogP contribution in [0.4, 0.5) is 0 Å². The molecule has 1 saturated heterocycles. The molecule has 5 nitrogen and oxygen atoms in total. The quantitative estimate of drug-likeness (QED) is 0.755. The van der Waals surface area contributed by atoms with E-state index >= 15 is 0 Å². The van der Waals surface area contributed by atoms with E-state index in [-0.39, 0.29) is 6.04 Å². The molecule has 1 aromatic heterocycles. The molecule has 27 heavy (non-hydrogen) atoms. The van der Waals surface area contributed by atoms with Gasteiger partial charge in [-0.2, -0.15) is 11.3 Å². The van der Waals surface area contributed by atoms with Crippen molar-refractivity contribution in [2.45, 2.75) is 44.0 Å². The standard InChI is InChI=1S/C20H28N2O3S2/c1-15-11-18(12-16(2)20(15)25-3)27(23,24)21-13-19(17-7-10-26-14-17)22-8-5-4-6-9-22/h7,10-12,14,19,21H,4-6,8-9,13H2,1-3H3. The first kappa shape index (κ1) is 20.3. The zero-order valence-electron chi connectivity index (χ0n) is 16.2. The Balaban J connectivity index is 1.80. The van der Waals surface area contributed by atoms with Crippen LogP contribution in [0.25, 0.3) is 0 Å². The van der Waals surface area contributed by atoms with Gasteiger partial charge in [0.1, 0.15) is 5.75 Å². The van der Waals surface area contributed by atoms with Crippen LogP contribution in [-0.4, -0.2) is 40.1 Å². The third kappa shape index (κ3) is 4.71. The van der Waals surface area contributed by atoms with Gasteiger partial charge in [-0.15, -0.1) is 0 Å². The van der Waals surface area contributed by atoms with E-state index in [1.807, 2.05) is 13.8 Å². The number of sulfonamides is 1. The van der Waals surface area contributed by atoms with Gasteiger partial charge in [0.05, 0.1) is 12.0 Å². The van der Waals surface area contributed by atoms with Crippen LogP contribution in [-0.2, 0) is 10.0 Å². The molecule has 1 aliphatic rings. The summed E-state index contributed by atoms with van der Waals surface area (Å²) in [6.07, 6.45) is 3.59. The summed E-state index contributed by atoms with van der Waals surface area (Å²) in [5.74, 6) is 0.735. The Morgan fingerprint density at radius 1 is 1.19 bits per heavy atom. The van der Waals surface area contributed by atoms with Crippen molar-refractivity contribution in [2.24, 2.45) is 0 Å². The lowest BCUT2D eigenvalue weighted by atomic mass is 10.0. The van der Waals surface area contributed by atoms with Crippen molar-refractivity contribution in [1.82, 2.24) is 9.62 Å². The molecule has 0 saturated carbocycles. The van der Waals surface area contributed by atoms with E-state index < -0.39 is 10.0 Å². The summed E-state index contributed by atoms with van der Waals surface area (Å²) in [6.45, 7) is 6.15. The van der Waals surface area contributed by atoms with Gasteiger partial charge in [0, 0.05) is 12.6 Å². The van der Waals surface area contributed by atoms with Crippen molar-refractivity contribution in [2.75, 3.05) is 26.7 Å². The Bertz CT molecular complexity index is 834. The molecule has 0 spiro atoms. The van der Waals surface area contributed by atoms with Crippen LogP contribution in [0.2, 0.25) is 0 Å². The van der Waals surface area contributed by atoms with E-state index in [9.17, 15) is 8.42 Å². The van der Waals surface area contributed by atoms with Gasteiger partial charge >= 0.3 is 0 Å². The van der Waals surface area contributed by atoms with Crippen molar-refractivity contribution >= 4 is 21.4 Å². The molecule has 1 atom stereocenters. The molecule has 1 N–H and O–H groups in total. The molecule has 148 valence electrons. The molecule has 3 rings (SSSR count). The average Bonchev–Trinajstić information content (AvgIpc) is 3.17. The Morgan fingerprint density at radius 3 is 2.41 bits per heavy atom. The van der Waals surface area contributed by atoms with E-state index in [4.69, 9.17) is 4.74 Å². The Morgan fingerprint density at radius 2 is 1.85 bits per heavy atom. The van der Waals surface area contributed by atoms with E-state index in [1.54, 1.807) is 30.6 Å². The number of nitrogens with one attached hydrogen (secondary N) is 1. The van der Waals surface area contributed by atoms with Crippen LogP contribution in [0.15, 0.2) is 33.9 Å². The monoisotopic (exact) mass is 408 g/mol. The molecule has 0 radical (unpaired) electrons. The van der Waals surface area contributed by atoms with Crippen LogP contribution >= 0.6 is 11.3 Å². The molecule has 2 heterocycles. The van der Waals surface area contributed by atoms with Gasteiger partial charge < -0.3 is 4.74 Å². The summed E-state index contributed by atoms with van der Waals surface area (Å²) in [5.41, 5.74) is 2.83. The van der Waals surface area contributed by atoms with Crippen molar-refractivity contribution in [3.8, 4) is 5.75 Å². The fourth-order valence-electron chi connectivity index (χ4n) is 3.81.